The highest BCUT2D eigenvalue weighted by Gasteiger charge is 2.18. The van der Waals surface area contributed by atoms with E-state index in [-0.39, 0.29) is 6.42 Å². The van der Waals surface area contributed by atoms with Crippen molar-refractivity contribution in [3.05, 3.63) is 0 Å². The first-order chi connectivity index (χ1) is 4.70. The highest BCUT2D eigenvalue weighted by Crippen LogP contribution is 2.27. The van der Waals surface area contributed by atoms with Crippen molar-refractivity contribution < 1.29 is 15.0 Å². The van der Waals surface area contributed by atoms with Gasteiger partial charge in [-0.2, -0.15) is 0 Å². The molecule has 1 aliphatic carbocycles. The van der Waals surface area contributed by atoms with Gasteiger partial charge in [-0.15, -0.1) is 0 Å². The van der Waals surface area contributed by atoms with Crippen LogP contribution in [0.4, 0.5) is 0 Å². The van der Waals surface area contributed by atoms with E-state index in [1.54, 1.807) is 6.92 Å². The lowest BCUT2D eigenvalue weighted by Gasteiger charge is -1.73. The van der Waals surface area contributed by atoms with Gasteiger partial charge in [0.15, 0.2) is 0 Å². The highest BCUT2D eigenvalue weighted by molar-refractivity contribution is 5.66. The van der Waals surface area contributed by atoms with Crippen molar-refractivity contribution in [3.63, 3.8) is 0 Å². The van der Waals surface area contributed by atoms with Crippen LogP contribution in [0.2, 0.25) is 0 Å². The maximum atomic E-state index is 9.37. The lowest BCUT2D eigenvalue weighted by atomic mass is 10.5. The summed E-state index contributed by atoms with van der Waals surface area (Å²) < 4.78 is 0. The molecule has 0 heterocycles. The molecule has 1 rings (SSSR count). The van der Waals surface area contributed by atoms with Crippen LogP contribution >= 0.6 is 0 Å². The number of carbonyl (C=O) groups is 1. The Kier molecular flexibility index (Phi) is 4.94. The third kappa shape index (κ3) is 7.43. The monoisotopic (exact) mass is 146 g/mol. The van der Waals surface area contributed by atoms with E-state index >= 15 is 0 Å². The first-order valence-electron chi connectivity index (χ1n) is 3.53. The topological polar surface area (TPSA) is 57.5 Å². The molecule has 0 aromatic rings. The van der Waals surface area contributed by atoms with Crippen molar-refractivity contribution >= 4 is 5.97 Å². The van der Waals surface area contributed by atoms with E-state index in [2.05, 4.69) is 0 Å². The molecule has 0 saturated heterocycles. The second-order valence-electron chi connectivity index (χ2n) is 2.37. The summed E-state index contributed by atoms with van der Waals surface area (Å²) in [4.78, 5) is 9.37. The Morgan fingerprint density at radius 1 is 1.60 bits per heavy atom. The minimum absolute atomic E-state index is 0.222. The van der Waals surface area contributed by atoms with E-state index in [0.717, 1.165) is 0 Å². The Hall–Kier alpha value is -0.570. The smallest absolute Gasteiger partial charge is 0.303 e. The number of hydrogen-bond donors (Lipinski definition) is 2. The van der Waals surface area contributed by atoms with E-state index in [0.29, 0.717) is 12.5 Å². The van der Waals surface area contributed by atoms with E-state index in [1.807, 2.05) is 0 Å². The van der Waals surface area contributed by atoms with Crippen LogP contribution in [0.15, 0.2) is 0 Å². The van der Waals surface area contributed by atoms with E-state index in [4.69, 9.17) is 10.2 Å². The average Bonchev–Trinajstić information content (AvgIpc) is 2.70. The molecule has 3 nitrogen and oxygen atoms in total. The SMILES string of the molecule is CCC(=O)O.OCC1CC1. The predicted octanol–water partition coefficient (Wildman–Crippen LogP) is 0.870. The van der Waals surface area contributed by atoms with Crippen LogP contribution in [0.1, 0.15) is 26.2 Å². The molecule has 0 bridgehead atoms. The van der Waals surface area contributed by atoms with Gasteiger partial charge in [0.1, 0.15) is 0 Å². The summed E-state index contributed by atoms with van der Waals surface area (Å²) in [7, 11) is 0. The molecule has 0 aromatic heterocycles. The molecular weight excluding hydrogens is 132 g/mol. The van der Waals surface area contributed by atoms with Gasteiger partial charge >= 0.3 is 5.97 Å². The molecule has 0 radical (unpaired) electrons. The molecule has 3 heteroatoms. The molecule has 1 saturated carbocycles. The number of aliphatic hydroxyl groups excluding tert-OH is 1. The van der Waals surface area contributed by atoms with Crippen molar-refractivity contribution in [3.8, 4) is 0 Å². The molecule has 0 aromatic carbocycles. The minimum atomic E-state index is -0.745. The van der Waals surface area contributed by atoms with Crippen molar-refractivity contribution in [2.24, 2.45) is 5.92 Å². The molecule has 0 spiro atoms. The molecular formula is C7H14O3. The Labute approximate surface area is 60.7 Å². The summed E-state index contributed by atoms with van der Waals surface area (Å²) in [5.41, 5.74) is 0. The van der Waals surface area contributed by atoms with Gasteiger partial charge < -0.3 is 10.2 Å². The number of aliphatic hydroxyl groups is 1. The summed E-state index contributed by atoms with van der Waals surface area (Å²) in [6.07, 6.45) is 2.74. The Bertz CT molecular complexity index is 97.0. The quantitative estimate of drug-likeness (QED) is 0.607. The molecule has 0 aliphatic heterocycles. The standard InChI is InChI=1S/C4H8O.C3H6O2/c5-3-4-1-2-4;1-2-3(4)5/h4-5H,1-3H2;2H2,1H3,(H,4,5). The van der Waals surface area contributed by atoms with Gasteiger partial charge in [0.2, 0.25) is 0 Å². The van der Waals surface area contributed by atoms with Crippen LogP contribution in [0, 0.1) is 5.92 Å². The summed E-state index contributed by atoms with van der Waals surface area (Å²) in [6, 6.07) is 0. The highest BCUT2D eigenvalue weighted by atomic mass is 16.4. The van der Waals surface area contributed by atoms with Gasteiger partial charge in [0.25, 0.3) is 0 Å². The first kappa shape index (κ1) is 9.43. The lowest BCUT2D eigenvalue weighted by molar-refractivity contribution is -0.136. The van der Waals surface area contributed by atoms with Gasteiger partial charge in [-0.1, -0.05) is 6.92 Å². The van der Waals surface area contributed by atoms with E-state index in [9.17, 15) is 4.79 Å². The zero-order chi connectivity index (χ0) is 7.98. The van der Waals surface area contributed by atoms with Crippen LogP contribution in [0.3, 0.4) is 0 Å². The molecule has 0 atom stereocenters. The molecule has 1 aliphatic rings. The summed E-state index contributed by atoms with van der Waals surface area (Å²) in [5, 5.41) is 15.9. The fourth-order valence-electron chi connectivity index (χ4n) is 0.300. The average molecular weight is 146 g/mol. The van der Waals surface area contributed by atoms with Crippen molar-refractivity contribution in [1.82, 2.24) is 0 Å². The Morgan fingerprint density at radius 2 is 2.00 bits per heavy atom. The Balaban J connectivity index is 0.000000162. The third-order valence-electron chi connectivity index (χ3n) is 1.26. The fourth-order valence-corrected chi connectivity index (χ4v) is 0.300. The third-order valence-corrected chi connectivity index (χ3v) is 1.26. The molecule has 1 fully saturated rings. The summed E-state index contributed by atoms with van der Waals surface area (Å²) >= 11 is 0. The Morgan fingerprint density at radius 3 is 2.00 bits per heavy atom. The molecule has 0 amide bonds. The molecule has 60 valence electrons. The van der Waals surface area contributed by atoms with Gasteiger partial charge in [-0.3, -0.25) is 4.79 Å². The van der Waals surface area contributed by atoms with E-state index < -0.39 is 5.97 Å². The van der Waals surface area contributed by atoms with Gasteiger partial charge in [0.05, 0.1) is 0 Å². The second kappa shape index (κ2) is 5.23. The summed E-state index contributed by atoms with van der Waals surface area (Å²) in [6.45, 7) is 2.02. The van der Waals surface area contributed by atoms with Crippen molar-refractivity contribution in [1.29, 1.82) is 0 Å². The number of aliphatic carboxylic acids is 1. The second-order valence-corrected chi connectivity index (χ2v) is 2.37. The van der Waals surface area contributed by atoms with Gasteiger partial charge in [-0.05, 0) is 18.8 Å². The largest absolute Gasteiger partial charge is 0.481 e. The van der Waals surface area contributed by atoms with E-state index in [1.165, 1.54) is 12.8 Å². The van der Waals surface area contributed by atoms with Crippen LogP contribution in [-0.2, 0) is 4.79 Å². The van der Waals surface area contributed by atoms with Crippen LogP contribution in [-0.4, -0.2) is 22.8 Å². The molecule has 10 heavy (non-hydrogen) atoms. The zero-order valence-electron chi connectivity index (χ0n) is 6.21. The van der Waals surface area contributed by atoms with Crippen LogP contribution in [0.5, 0.6) is 0 Å². The van der Waals surface area contributed by atoms with Crippen molar-refractivity contribution in [2.75, 3.05) is 6.61 Å². The molecule has 0 unspecified atom stereocenters. The normalized spacial score (nSPS) is 15.4. The predicted molar refractivity (Wildman–Crippen MR) is 37.7 cm³/mol. The van der Waals surface area contributed by atoms with Gasteiger partial charge in [-0.25, -0.2) is 0 Å². The fraction of sp³-hybridized carbons (Fsp3) is 0.857. The number of rotatable bonds is 2. The zero-order valence-corrected chi connectivity index (χ0v) is 6.21. The summed E-state index contributed by atoms with van der Waals surface area (Å²) in [5.74, 6) is -0.0556. The maximum absolute atomic E-state index is 9.37. The van der Waals surface area contributed by atoms with Crippen LogP contribution < -0.4 is 0 Å². The lowest BCUT2D eigenvalue weighted by Crippen LogP contribution is -1.86. The van der Waals surface area contributed by atoms with Crippen molar-refractivity contribution in [2.45, 2.75) is 26.2 Å². The maximum Gasteiger partial charge on any atom is 0.303 e. The minimum Gasteiger partial charge on any atom is -0.481 e. The number of hydrogen-bond acceptors (Lipinski definition) is 2. The first-order valence-corrected chi connectivity index (χ1v) is 3.53. The van der Waals surface area contributed by atoms with Crippen LogP contribution in [0.25, 0.3) is 0 Å². The molecule has 2 N–H and O–H groups in total. The number of carboxylic acids is 1. The number of carboxylic acid groups (broad SMARTS) is 1. The van der Waals surface area contributed by atoms with Gasteiger partial charge in [0, 0.05) is 13.0 Å².